The molecule has 3 aromatic rings. The zero-order valence-electron chi connectivity index (χ0n) is 17.9. The molecule has 0 unspecified atom stereocenters. The number of nitrogens with zero attached hydrogens (tertiary/aromatic N) is 2. The summed E-state index contributed by atoms with van der Waals surface area (Å²) < 4.78 is 5.79. The van der Waals surface area contributed by atoms with Crippen molar-refractivity contribution < 1.29 is 9.53 Å². The van der Waals surface area contributed by atoms with E-state index in [2.05, 4.69) is 22.1 Å². The second-order valence-electron chi connectivity index (χ2n) is 9.21. The predicted octanol–water partition coefficient (Wildman–Crippen LogP) is 4.92. The van der Waals surface area contributed by atoms with Crippen LogP contribution in [0.1, 0.15) is 62.6 Å². The molecule has 160 valence electrons. The maximum atomic E-state index is 12.9. The Kier molecular flexibility index (Phi) is 4.80. The third-order valence-electron chi connectivity index (χ3n) is 6.82. The summed E-state index contributed by atoms with van der Waals surface area (Å²) >= 11 is 0. The van der Waals surface area contributed by atoms with Crippen LogP contribution in [0.5, 0.6) is 0 Å². The number of rotatable bonds is 3. The molecule has 31 heavy (non-hydrogen) atoms. The molecule has 5 rings (SSSR count). The van der Waals surface area contributed by atoms with Crippen molar-refractivity contribution in [1.29, 1.82) is 0 Å². The number of cyclic esters (lactones) is 1. The molecule has 1 saturated carbocycles. The number of benzene rings is 1. The van der Waals surface area contributed by atoms with Gasteiger partial charge in [-0.1, -0.05) is 30.3 Å². The molecule has 1 aromatic carbocycles. The first-order valence-corrected chi connectivity index (χ1v) is 11.0. The summed E-state index contributed by atoms with van der Waals surface area (Å²) in [6, 6.07) is 14.1. The van der Waals surface area contributed by atoms with E-state index in [-0.39, 0.29) is 29.7 Å². The van der Waals surface area contributed by atoms with Crippen LogP contribution in [-0.4, -0.2) is 32.6 Å². The number of fused-ring (bicyclic) bond motifs is 1. The molecule has 1 saturated heterocycles. The molecule has 6 heteroatoms. The van der Waals surface area contributed by atoms with Crippen LogP contribution in [0.4, 0.5) is 4.79 Å². The number of hydrogen-bond donors (Lipinski definition) is 1. The minimum atomic E-state index is -0.585. The van der Waals surface area contributed by atoms with Crippen molar-refractivity contribution in [2.24, 2.45) is 0 Å². The van der Waals surface area contributed by atoms with Crippen molar-refractivity contribution in [1.82, 2.24) is 14.9 Å². The van der Waals surface area contributed by atoms with Crippen LogP contribution in [0.15, 0.2) is 59.7 Å². The highest BCUT2D eigenvalue weighted by Gasteiger charge is 2.51. The number of ether oxygens (including phenoxy) is 1. The number of aromatic amines is 1. The highest BCUT2D eigenvalue weighted by molar-refractivity contribution is 5.77. The zero-order valence-corrected chi connectivity index (χ0v) is 17.9. The minimum Gasteiger partial charge on any atom is -0.441 e. The Bertz CT molecular complexity index is 1160. The SMILES string of the molecule is CC1(C)OC(=O)N([C@H]2CC[C@@H](c3cc4ccncc4[nH]c3=O)CC2)[C@H]1c1ccccc1. The summed E-state index contributed by atoms with van der Waals surface area (Å²) in [5.74, 6) is 0.194. The number of carbonyl (C=O) groups excluding carboxylic acids is 1. The second kappa shape index (κ2) is 7.52. The number of hydrogen-bond acceptors (Lipinski definition) is 4. The van der Waals surface area contributed by atoms with Gasteiger partial charge in [0.05, 0.1) is 17.8 Å². The summed E-state index contributed by atoms with van der Waals surface area (Å²) in [6.07, 6.45) is 6.64. The number of aromatic nitrogens is 2. The van der Waals surface area contributed by atoms with Crippen LogP contribution in [0.25, 0.3) is 10.9 Å². The predicted molar refractivity (Wildman–Crippen MR) is 119 cm³/mol. The van der Waals surface area contributed by atoms with E-state index in [9.17, 15) is 9.59 Å². The minimum absolute atomic E-state index is 0.0344. The van der Waals surface area contributed by atoms with Crippen LogP contribution in [-0.2, 0) is 4.74 Å². The fourth-order valence-electron chi connectivity index (χ4n) is 5.36. The maximum Gasteiger partial charge on any atom is 0.411 e. The van der Waals surface area contributed by atoms with E-state index >= 15 is 0 Å². The highest BCUT2D eigenvalue weighted by Crippen LogP contribution is 2.45. The third kappa shape index (κ3) is 3.50. The smallest absolute Gasteiger partial charge is 0.411 e. The van der Waals surface area contributed by atoms with Crippen LogP contribution in [0.3, 0.4) is 0 Å². The summed E-state index contributed by atoms with van der Waals surface area (Å²) in [7, 11) is 0. The fraction of sp³-hybridized carbons (Fsp3) is 0.400. The molecule has 1 aliphatic carbocycles. The van der Waals surface area contributed by atoms with Crippen LogP contribution >= 0.6 is 0 Å². The number of pyridine rings is 2. The number of nitrogens with one attached hydrogen (secondary N) is 1. The lowest BCUT2D eigenvalue weighted by Gasteiger charge is -2.38. The summed E-state index contributed by atoms with van der Waals surface area (Å²) in [4.78, 5) is 34.5. The van der Waals surface area contributed by atoms with E-state index in [1.165, 1.54) is 0 Å². The van der Waals surface area contributed by atoms with Crippen molar-refractivity contribution in [2.75, 3.05) is 0 Å². The average molecular weight is 418 g/mol. The molecule has 0 radical (unpaired) electrons. The Balaban J connectivity index is 1.38. The summed E-state index contributed by atoms with van der Waals surface area (Å²) in [6.45, 7) is 3.97. The highest BCUT2D eigenvalue weighted by atomic mass is 16.6. The van der Waals surface area contributed by atoms with E-state index in [1.807, 2.05) is 49.1 Å². The van der Waals surface area contributed by atoms with Gasteiger partial charge in [-0.3, -0.25) is 14.7 Å². The van der Waals surface area contributed by atoms with Gasteiger partial charge in [0.15, 0.2) is 0 Å². The van der Waals surface area contributed by atoms with Gasteiger partial charge in [-0.15, -0.1) is 0 Å². The number of carbonyl (C=O) groups is 1. The first-order chi connectivity index (χ1) is 14.9. The van der Waals surface area contributed by atoms with Gasteiger partial charge in [-0.2, -0.15) is 0 Å². The third-order valence-corrected chi connectivity index (χ3v) is 6.82. The lowest BCUT2D eigenvalue weighted by Crippen LogP contribution is -2.42. The molecule has 2 fully saturated rings. The van der Waals surface area contributed by atoms with E-state index in [0.717, 1.165) is 47.7 Å². The Morgan fingerprint density at radius 2 is 1.81 bits per heavy atom. The van der Waals surface area contributed by atoms with Crippen LogP contribution in [0.2, 0.25) is 0 Å². The quantitative estimate of drug-likeness (QED) is 0.656. The van der Waals surface area contributed by atoms with E-state index < -0.39 is 5.60 Å². The molecule has 0 spiro atoms. The van der Waals surface area contributed by atoms with Crippen LogP contribution < -0.4 is 5.56 Å². The van der Waals surface area contributed by atoms with Crippen molar-refractivity contribution in [3.63, 3.8) is 0 Å². The van der Waals surface area contributed by atoms with Crippen molar-refractivity contribution in [3.8, 4) is 0 Å². The van der Waals surface area contributed by atoms with Crippen molar-refractivity contribution >= 4 is 17.0 Å². The maximum absolute atomic E-state index is 12.9. The molecular formula is C25H27N3O3. The lowest BCUT2D eigenvalue weighted by atomic mass is 9.80. The molecule has 1 amide bonds. The van der Waals surface area contributed by atoms with Gasteiger partial charge in [0.2, 0.25) is 0 Å². The fourth-order valence-corrected chi connectivity index (χ4v) is 5.36. The topological polar surface area (TPSA) is 75.3 Å². The second-order valence-corrected chi connectivity index (χ2v) is 9.21. The van der Waals surface area contributed by atoms with E-state index in [1.54, 1.807) is 12.4 Å². The molecule has 1 aliphatic heterocycles. The molecule has 0 bridgehead atoms. The summed E-state index contributed by atoms with van der Waals surface area (Å²) in [5, 5.41) is 1.00. The van der Waals surface area contributed by atoms with Crippen molar-refractivity contribution in [3.05, 3.63) is 76.3 Å². The molecule has 6 nitrogen and oxygen atoms in total. The Labute approximate surface area is 181 Å². The lowest BCUT2D eigenvalue weighted by molar-refractivity contribution is 0.0664. The normalized spacial score (nSPS) is 25.5. The Hall–Kier alpha value is -3.15. The Morgan fingerprint density at radius 1 is 1.06 bits per heavy atom. The van der Waals surface area contributed by atoms with Gasteiger partial charge in [0, 0.05) is 23.2 Å². The van der Waals surface area contributed by atoms with Gasteiger partial charge >= 0.3 is 6.09 Å². The van der Waals surface area contributed by atoms with Crippen molar-refractivity contribution in [2.45, 2.75) is 63.1 Å². The van der Waals surface area contributed by atoms with Gasteiger partial charge in [0.1, 0.15) is 5.60 Å². The van der Waals surface area contributed by atoms with E-state index in [0.29, 0.717) is 0 Å². The molecular weight excluding hydrogens is 390 g/mol. The van der Waals surface area contributed by atoms with Gasteiger partial charge < -0.3 is 9.72 Å². The Morgan fingerprint density at radius 3 is 2.55 bits per heavy atom. The average Bonchev–Trinajstić information content (AvgIpc) is 3.02. The zero-order chi connectivity index (χ0) is 21.6. The van der Waals surface area contributed by atoms with Crippen LogP contribution in [0, 0.1) is 0 Å². The molecule has 2 aromatic heterocycles. The monoisotopic (exact) mass is 417 g/mol. The number of H-pyrrole nitrogens is 1. The standard InChI is InChI=1S/C25H27N3O3/c1-25(2)22(17-6-4-3-5-7-17)28(24(30)31-25)19-10-8-16(9-11-19)20-14-18-12-13-26-15-21(18)27-23(20)29/h3-7,12-16,19,22H,8-11H2,1-2H3,(H,27,29)/t16-,19+,22-/m0/s1. The van der Waals surface area contributed by atoms with Gasteiger partial charge in [-0.05, 0) is 63.1 Å². The van der Waals surface area contributed by atoms with E-state index in [4.69, 9.17) is 4.74 Å². The summed E-state index contributed by atoms with van der Waals surface area (Å²) in [5.41, 5.74) is 2.07. The first kappa shape index (κ1) is 19.8. The van der Waals surface area contributed by atoms with Gasteiger partial charge in [-0.25, -0.2) is 4.79 Å². The number of amides is 1. The molecule has 2 aliphatic rings. The molecule has 1 atom stereocenters. The molecule has 3 heterocycles. The first-order valence-electron chi connectivity index (χ1n) is 11.0. The molecule has 1 N–H and O–H groups in total. The van der Waals surface area contributed by atoms with Gasteiger partial charge in [0.25, 0.3) is 5.56 Å². The largest absolute Gasteiger partial charge is 0.441 e.